The van der Waals surface area contributed by atoms with Crippen molar-refractivity contribution in [3.63, 3.8) is 0 Å². The van der Waals surface area contributed by atoms with E-state index in [1.165, 1.54) is 0 Å². The summed E-state index contributed by atoms with van der Waals surface area (Å²) in [5.41, 5.74) is 1.80. The van der Waals surface area contributed by atoms with Gasteiger partial charge in [-0.3, -0.25) is 4.79 Å². The van der Waals surface area contributed by atoms with Gasteiger partial charge in [0.2, 0.25) is 5.91 Å². The van der Waals surface area contributed by atoms with Crippen LogP contribution >= 0.6 is 0 Å². The lowest BCUT2D eigenvalue weighted by molar-refractivity contribution is -0.131. The first-order valence-electron chi connectivity index (χ1n) is 7.29. The molecule has 0 atom stereocenters. The number of nitrogens with zero attached hydrogens (tertiary/aromatic N) is 1. The first-order chi connectivity index (χ1) is 10.2. The second kappa shape index (κ2) is 7.70. The predicted molar refractivity (Wildman–Crippen MR) is 80.8 cm³/mol. The van der Waals surface area contributed by atoms with Crippen molar-refractivity contribution in [2.75, 3.05) is 20.3 Å². The van der Waals surface area contributed by atoms with Crippen LogP contribution in [0.1, 0.15) is 36.8 Å². The predicted octanol–water partition coefficient (Wildman–Crippen LogP) is 1.94. The molecule has 1 saturated heterocycles. The van der Waals surface area contributed by atoms with Crippen LogP contribution < -0.4 is 4.74 Å². The fraction of sp³-hybridized carbons (Fsp3) is 0.471. The molecule has 0 unspecified atom stereocenters. The van der Waals surface area contributed by atoms with Crippen LogP contribution in [0.2, 0.25) is 0 Å². The van der Waals surface area contributed by atoms with Gasteiger partial charge in [0, 0.05) is 25.1 Å². The number of ether oxygens (including phenoxy) is 1. The quantitative estimate of drug-likeness (QED) is 0.864. The molecule has 21 heavy (non-hydrogen) atoms. The number of aliphatic hydroxyl groups is 1. The third-order valence-electron chi connectivity index (χ3n) is 3.65. The maximum absolute atomic E-state index is 12.1. The van der Waals surface area contributed by atoms with Crippen LogP contribution in [0.15, 0.2) is 18.2 Å². The molecular formula is C17H21NO3. The summed E-state index contributed by atoms with van der Waals surface area (Å²) in [6.07, 6.45) is 3.76. The average Bonchev–Trinajstić information content (AvgIpc) is 2.71. The van der Waals surface area contributed by atoms with Gasteiger partial charge in [-0.05, 0) is 36.6 Å². The first kappa shape index (κ1) is 15.4. The Kier molecular flexibility index (Phi) is 5.65. The Bertz CT molecular complexity index is 557. The lowest BCUT2D eigenvalue weighted by Crippen LogP contribution is -2.30. The van der Waals surface area contributed by atoms with Crippen LogP contribution in [0.25, 0.3) is 0 Å². The lowest BCUT2D eigenvalue weighted by atomic mass is 10.1. The van der Waals surface area contributed by atoms with Gasteiger partial charge in [-0.25, -0.2) is 0 Å². The molecule has 112 valence electrons. The van der Waals surface area contributed by atoms with Gasteiger partial charge in [0.05, 0.1) is 7.11 Å². The highest BCUT2D eigenvalue weighted by Crippen LogP contribution is 2.21. The smallest absolute Gasteiger partial charge is 0.222 e. The van der Waals surface area contributed by atoms with E-state index in [2.05, 4.69) is 11.8 Å². The van der Waals surface area contributed by atoms with Gasteiger partial charge in [0.25, 0.3) is 0 Å². The van der Waals surface area contributed by atoms with E-state index < -0.39 is 0 Å². The normalized spacial score (nSPS) is 15.1. The molecule has 4 heteroatoms. The Balaban J connectivity index is 2.25. The van der Waals surface area contributed by atoms with Crippen molar-refractivity contribution in [3.05, 3.63) is 29.3 Å². The van der Waals surface area contributed by atoms with Crippen molar-refractivity contribution < 1.29 is 14.6 Å². The van der Waals surface area contributed by atoms with E-state index >= 15 is 0 Å². The van der Waals surface area contributed by atoms with Crippen molar-refractivity contribution in [3.8, 4) is 17.6 Å². The Morgan fingerprint density at radius 1 is 1.33 bits per heavy atom. The molecule has 0 aromatic heterocycles. The highest BCUT2D eigenvalue weighted by Gasteiger charge is 2.18. The molecule has 1 N–H and O–H groups in total. The molecule has 0 aliphatic carbocycles. The SMILES string of the molecule is COc1ccc(C#CCO)c(CN2CCCCCC2=O)c1. The summed E-state index contributed by atoms with van der Waals surface area (Å²) >= 11 is 0. The number of hydrogen-bond acceptors (Lipinski definition) is 3. The lowest BCUT2D eigenvalue weighted by Gasteiger charge is -2.21. The van der Waals surface area contributed by atoms with Crippen LogP contribution in [0.4, 0.5) is 0 Å². The number of rotatable bonds is 3. The fourth-order valence-corrected chi connectivity index (χ4v) is 2.50. The zero-order valence-electron chi connectivity index (χ0n) is 12.4. The number of carbonyl (C=O) groups is 1. The number of aliphatic hydroxyl groups excluding tert-OH is 1. The van der Waals surface area contributed by atoms with Crippen molar-refractivity contribution in [1.82, 2.24) is 4.90 Å². The van der Waals surface area contributed by atoms with Gasteiger partial charge in [-0.2, -0.15) is 0 Å². The zero-order chi connectivity index (χ0) is 15.1. The Morgan fingerprint density at radius 2 is 2.19 bits per heavy atom. The molecule has 0 bridgehead atoms. The van der Waals surface area contributed by atoms with Crippen molar-refractivity contribution in [1.29, 1.82) is 0 Å². The number of carbonyl (C=O) groups excluding carboxylic acids is 1. The van der Waals surface area contributed by atoms with Gasteiger partial charge in [-0.1, -0.05) is 18.3 Å². The van der Waals surface area contributed by atoms with Crippen LogP contribution in [-0.4, -0.2) is 36.2 Å². The largest absolute Gasteiger partial charge is 0.497 e. The topological polar surface area (TPSA) is 49.8 Å². The number of amides is 1. The third-order valence-corrected chi connectivity index (χ3v) is 3.65. The fourth-order valence-electron chi connectivity index (χ4n) is 2.50. The zero-order valence-corrected chi connectivity index (χ0v) is 12.4. The summed E-state index contributed by atoms with van der Waals surface area (Å²) < 4.78 is 5.25. The van der Waals surface area contributed by atoms with E-state index in [9.17, 15) is 4.79 Å². The standard InChI is InChI=1S/C17H21NO3/c1-21-16-9-8-14(6-5-11-19)15(12-16)13-18-10-4-2-3-7-17(18)20/h8-9,12,19H,2-4,7,10-11,13H2,1H3. The summed E-state index contributed by atoms with van der Waals surface area (Å²) in [5, 5.41) is 8.86. The molecule has 1 amide bonds. The highest BCUT2D eigenvalue weighted by atomic mass is 16.5. The second-order valence-electron chi connectivity index (χ2n) is 5.11. The molecule has 1 heterocycles. The van der Waals surface area contributed by atoms with Crippen molar-refractivity contribution in [2.24, 2.45) is 0 Å². The summed E-state index contributed by atoms with van der Waals surface area (Å²) in [7, 11) is 1.62. The number of hydrogen-bond donors (Lipinski definition) is 1. The molecule has 1 aromatic rings. The van der Waals surface area contributed by atoms with E-state index in [1.807, 2.05) is 23.1 Å². The molecule has 0 saturated carbocycles. The Hall–Kier alpha value is -1.99. The molecule has 1 fully saturated rings. The van der Waals surface area contributed by atoms with Crippen LogP contribution in [0.5, 0.6) is 5.75 Å². The molecule has 1 aliphatic rings. The van der Waals surface area contributed by atoms with Gasteiger partial charge in [0.1, 0.15) is 12.4 Å². The van der Waals surface area contributed by atoms with E-state index in [1.54, 1.807) is 7.11 Å². The van der Waals surface area contributed by atoms with Gasteiger partial charge < -0.3 is 14.7 Å². The number of methoxy groups -OCH3 is 1. The monoisotopic (exact) mass is 287 g/mol. The Labute approximate surface area is 125 Å². The minimum absolute atomic E-state index is 0.173. The summed E-state index contributed by atoms with van der Waals surface area (Å²) in [4.78, 5) is 14.0. The summed E-state index contributed by atoms with van der Waals surface area (Å²) in [5.74, 6) is 6.56. The molecule has 1 aliphatic heterocycles. The van der Waals surface area contributed by atoms with Gasteiger partial charge in [-0.15, -0.1) is 0 Å². The second-order valence-corrected chi connectivity index (χ2v) is 5.11. The number of benzene rings is 1. The average molecular weight is 287 g/mol. The van der Waals surface area contributed by atoms with Crippen molar-refractivity contribution >= 4 is 5.91 Å². The number of likely N-dealkylation sites (tertiary alicyclic amines) is 1. The molecular weight excluding hydrogens is 266 g/mol. The van der Waals surface area contributed by atoms with E-state index in [4.69, 9.17) is 9.84 Å². The first-order valence-corrected chi connectivity index (χ1v) is 7.29. The van der Waals surface area contributed by atoms with Gasteiger partial charge in [0.15, 0.2) is 0 Å². The molecule has 1 aromatic carbocycles. The van der Waals surface area contributed by atoms with E-state index in [0.717, 1.165) is 42.7 Å². The maximum Gasteiger partial charge on any atom is 0.222 e. The molecule has 2 rings (SSSR count). The Morgan fingerprint density at radius 3 is 2.95 bits per heavy atom. The summed E-state index contributed by atoms with van der Waals surface area (Å²) in [6.45, 7) is 1.17. The molecule has 4 nitrogen and oxygen atoms in total. The highest BCUT2D eigenvalue weighted by molar-refractivity contribution is 5.76. The molecule has 0 radical (unpaired) electrons. The van der Waals surface area contributed by atoms with Crippen LogP contribution in [0, 0.1) is 11.8 Å². The van der Waals surface area contributed by atoms with Crippen LogP contribution in [-0.2, 0) is 11.3 Å². The minimum Gasteiger partial charge on any atom is -0.497 e. The molecule has 0 spiro atoms. The third kappa shape index (κ3) is 4.24. The van der Waals surface area contributed by atoms with Gasteiger partial charge >= 0.3 is 0 Å². The van der Waals surface area contributed by atoms with E-state index in [0.29, 0.717) is 13.0 Å². The van der Waals surface area contributed by atoms with Crippen molar-refractivity contribution in [2.45, 2.75) is 32.2 Å². The summed E-state index contributed by atoms with van der Waals surface area (Å²) in [6, 6.07) is 5.63. The minimum atomic E-state index is -0.173. The maximum atomic E-state index is 12.1. The van der Waals surface area contributed by atoms with Crippen LogP contribution in [0.3, 0.4) is 0 Å². The van der Waals surface area contributed by atoms with E-state index in [-0.39, 0.29) is 12.5 Å².